The highest BCUT2D eigenvalue weighted by Crippen LogP contribution is 2.41. The van der Waals surface area contributed by atoms with Crippen molar-refractivity contribution in [1.82, 2.24) is 10.2 Å². The number of nitrogens with one attached hydrogen (secondary N) is 1. The van der Waals surface area contributed by atoms with Gasteiger partial charge in [0.25, 0.3) is 5.91 Å². The number of aryl methyl sites for hydroxylation is 1. The van der Waals surface area contributed by atoms with Crippen molar-refractivity contribution in [2.45, 2.75) is 50.5 Å². The largest absolute Gasteiger partial charge is 0.355 e. The SMILES string of the molecule is Cc1ccc(C=C2Sc3ccccc3N(CC(=O)NCCCN3CCCCC3C)C2=O)cc1. The Morgan fingerprint density at radius 3 is 2.73 bits per heavy atom. The number of hydrogen-bond donors (Lipinski definition) is 1. The topological polar surface area (TPSA) is 52.7 Å². The van der Waals surface area contributed by atoms with Gasteiger partial charge in [0, 0.05) is 24.0 Å². The number of piperidine rings is 1. The summed E-state index contributed by atoms with van der Waals surface area (Å²) in [6.07, 6.45) is 6.68. The number of carbonyl (C=O) groups is 2. The summed E-state index contributed by atoms with van der Waals surface area (Å²) in [5.74, 6) is -0.247. The summed E-state index contributed by atoms with van der Waals surface area (Å²) < 4.78 is 0. The van der Waals surface area contributed by atoms with Gasteiger partial charge in [-0.25, -0.2) is 0 Å². The fraction of sp³-hybridized carbons (Fsp3) is 0.407. The van der Waals surface area contributed by atoms with E-state index in [9.17, 15) is 9.59 Å². The van der Waals surface area contributed by atoms with Crippen molar-refractivity contribution in [2.24, 2.45) is 0 Å². The number of carbonyl (C=O) groups excluding carboxylic acids is 2. The Kier molecular flexibility index (Phi) is 7.89. The lowest BCUT2D eigenvalue weighted by atomic mass is 10.0. The molecular formula is C27H33N3O2S. The number of amides is 2. The van der Waals surface area contributed by atoms with Crippen LogP contribution in [0.3, 0.4) is 0 Å². The van der Waals surface area contributed by atoms with E-state index in [-0.39, 0.29) is 18.4 Å². The van der Waals surface area contributed by atoms with E-state index in [1.807, 2.05) is 61.5 Å². The molecular weight excluding hydrogens is 430 g/mol. The molecule has 1 fully saturated rings. The van der Waals surface area contributed by atoms with Crippen molar-refractivity contribution in [3.8, 4) is 0 Å². The first-order chi connectivity index (χ1) is 16.0. The molecule has 174 valence electrons. The molecule has 1 N–H and O–H groups in total. The van der Waals surface area contributed by atoms with Crippen LogP contribution in [0.5, 0.6) is 0 Å². The average Bonchev–Trinajstić information content (AvgIpc) is 2.82. The molecule has 2 aliphatic heterocycles. The molecule has 2 aromatic rings. The number of hydrogen-bond acceptors (Lipinski definition) is 4. The second kappa shape index (κ2) is 11.0. The zero-order valence-corrected chi connectivity index (χ0v) is 20.4. The number of rotatable bonds is 7. The summed E-state index contributed by atoms with van der Waals surface area (Å²) in [7, 11) is 0. The Hall–Kier alpha value is -2.57. The highest BCUT2D eigenvalue weighted by Gasteiger charge is 2.30. The smallest absolute Gasteiger partial charge is 0.265 e. The molecule has 4 rings (SSSR count). The monoisotopic (exact) mass is 463 g/mol. The molecule has 2 amide bonds. The first-order valence-electron chi connectivity index (χ1n) is 11.9. The van der Waals surface area contributed by atoms with Gasteiger partial charge in [-0.1, -0.05) is 60.1 Å². The number of nitrogens with zero attached hydrogens (tertiary/aromatic N) is 2. The molecule has 0 radical (unpaired) electrons. The normalized spacial score (nSPS) is 20.1. The molecule has 2 aromatic carbocycles. The van der Waals surface area contributed by atoms with E-state index in [2.05, 4.69) is 17.1 Å². The van der Waals surface area contributed by atoms with E-state index in [0.717, 1.165) is 35.7 Å². The van der Waals surface area contributed by atoms with Crippen LogP contribution < -0.4 is 10.2 Å². The summed E-state index contributed by atoms with van der Waals surface area (Å²) in [6, 6.07) is 16.5. The van der Waals surface area contributed by atoms with E-state index in [4.69, 9.17) is 0 Å². The highest BCUT2D eigenvalue weighted by molar-refractivity contribution is 8.04. The van der Waals surface area contributed by atoms with Crippen LogP contribution >= 0.6 is 11.8 Å². The molecule has 0 saturated carbocycles. The summed E-state index contributed by atoms with van der Waals surface area (Å²) in [5.41, 5.74) is 2.95. The van der Waals surface area contributed by atoms with Gasteiger partial charge >= 0.3 is 0 Å². The second-order valence-corrected chi connectivity index (χ2v) is 10.0. The molecule has 5 nitrogen and oxygen atoms in total. The average molecular weight is 464 g/mol. The molecule has 2 heterocycles. The Labute approximate surface area is 201 Å². The quantitative estimate of drug-likeness (QED) is 0.471. The molecule has 1 saturated heterocycles. The standard InChI is InChI=1S/C27H33N3O2S/c1-20-11-13-22(14-12-20)18-25-27(32)30(23-9-3-4-10-24(23)33-25)19-26(31)28-15-7-17-29-16-6-5-8-21(29)2/h3-4,9-14,18,21H,5-8,15-17,19H2,1-2H3,(H,28,31). The lowest BCUT2D eigenvalue weighted by Gasteiger charge is -2.33. The zero-order chi connectivity index (χ0) is 23.2. The maximum absolute atomic E-state index is 13.3. The predicted molar refractivity (Wildman–Crippen MR) is 136 cm³/mol. The van der Waals surface area contributed by atoms with Gasteiger partial charge in [-0.3, -0.25) is 14.5 Å². The van der Waals surface area contributed by atoms with Crippen LogP contribution in [0.4, 0.5) is 5.69 Å². The fourth-order valence-electron chi connectivity index (χ4n) is 4.43. The molecule has 6 heteroatoms. The second-order valence-electron chi connectivity index (χ2n) is 8.96. The third-order valence-corrected chi connectivity index (χ3v) is 7.47. The van der Waals surface area contributed by atoms with Gasteiger partial charge in [0.15, 0.2) is 0 Å². The summed E-state index contributed by atoms with van der Waals surface area (Å²) in [5, 5.41) is 3.02. The first-order valence-corrected chi connectivity index (χ1v) is 12.7. The van der Waals surface area contributed by atoms with E-state index in [0.29, 0.717) is 17.5 Å². The highest BCUT2D eigenvalue weighted by atomic mass is 32.2. The van der Waals surface area contributed by atoms with Crippen LogP contribution in [0.25, 0.3) is 6.08 Å². The summed E-state index contributed by atoms with van der Waals surface area (Å²) in [6.45, 7) is 7.15. The Balaban J connectivity index is 1.39. The van der Waals surface area contributed by atoms with E-state index < -0.39 is 0 Å². The minimum atomic E-state index is -0.128. The zero-order valence-electron chi connectivity index (χ0n) is 19.5. The minimum Gasteiger partial charge on any atom is -0.355 e. The van der Waals surface area contributed by atoms with Gasteiger partial charge in [-0.15, -0.1) is 0 Å². The van der Waals surface area contributed by atoms with E-state index >= 15 is 0 Å². The van der Waals surface area contributed by atoms with Crippen molar-refractivity contribution in [1.29, 1.82) is 0 Å². The predicted octanol–water partition coefficient (Wildman–Crippen LogP) is 4.86. The lowest BCUT2D eigenvalue weighted by Crippen LogP contribution is -2.43. The maximum atomic E-state index is 13.3. The fourth-order valence-corrected chi connectivity index (χ4v) is 5.49. The van der Waals surface area contributed by atoms with Crippen molar-refractivity contribution in [2.75, 3.05) is 31.1 Å². The molecule has 0 spiro atoms. The molecule has 33 heavy (non-hydrogen) atoms. The van der Waals surface area contributed by atoms with Crippen LogP contribution in [0, 0.1) is 6.92 Å². The van der Waals surface area contributed by atoms with Crippen molar-refractivity contribution in [3.05, 3.63) is 64.6 Å². The van der Waals surface area contributed by atoms with Crippen LogP contribution in [0.1, 0.15) is 43.7 Å². The minimum absolute atomic E-state index is 0.0295. The number of likely N-dealkylation sites (tertiary alicyclic amines) is 1. The number of thioether (sulfide) groups is 1. The maximum Gasteiger partial charge on any atom is 0.265 e. The van der Waals surface area contributed by atoms with Crippen LogP contribution in [-0.4, -0.2) is 48.9 Å². The molecule has 0 aromatic heterocycles. The Morgan fingerprint density at radius 1 is 1.15 bits per heavy atom. The molecule has 0 bridgehead atoms. The Morgan fingerprint density at radius 2 is 1.94 bits per heavy atom. The van der Waals surface area contributed by atoms with Gasteiger partial charge in [0.1, 0.15) is 6.54 Å². The Bertz CT molecular complexity index is 1020. The van der Waals surface area contributed by atoms with Gasteiger partial charge < -0.3 is 10.2 Å². The van der Waals surface area contributed by atoms with Crippen molar-refractivity contribution >= 4 is 35.3 Å². The molecule has 1 unspecified atom stereocenters. The van der Waals surface area contributed by atoms with Crippen molar-refractivity contribution in [3.63, 3.8) is 0 Å². The van der Waals surface area contributed by atoms with E-state index in [1.54, 1.807) is 4.90 Å². The third-order valence-electron chi connectivity index (χ3n) is 6.39. The number of fused-ring (bicyclic) bond motifs is 1. The van der Waals surface area contributed by atoms with Crippen molar-refractivity contribution < 1.29 is 9.59 Å². The first kappa shape index (κ1) is 23.6. The van der Waals surface area contributed by atoms with Gasteiger partial charge in [-0.2, -0.15) is 0 Å². The molecule has 1 atom stereocenters. The van der Waals surface area contributed by atoms with Gasteiger partial charge in [0.2, 0.25) is 5.91 Å². The summed E-state index contributed by atoms with van der Waals surface area (Å²) in [4.78, 5) is 31.8. The third kappa shape index (κ3) is 6.06. The number of benzene rings is 2. The van der Waals surface area contributed by atoms with Crippen LogP contribution in [-0.2, 0) is 9.59 Å². The molecule has 0 aliphatic carbocycles. The van der Waals surface area contributed by atoms with Crippen LogP contribution in [0.2, 0.25) is 0 Å². The number of para-hydroxylation sites is 1. The van der Waals surface area contributed by atoms with Crippen LogP contribution in [0.15, 0.2) is 58.3 Å². The molecule has 2 aliphatic rings. The van der Waals surface area contributed by atoms with Gasteiger partial charge in [-0.05, 0) is 63.4 Å². The number of anilines is 1. The van der Waals surface area contributed by atoms with E-state index in [1.165, 1.54) is 36.6 Å². The summed E-state index contributed by atoms with van der Waals surface area (Å²) >= 11 is 1.47. The lowest BCUT2D eigenvalue weighted by molar-refractivity contribution is -0.122. The van der Waals surface area contributed by atoms with Gasteiger partial charge in [0.05, 0.1) is 10.6 Å².